The Balaban J connectivity index is 1.72. The lowest BCUT2D eigenvalue weighted by Gasteiger charge is -2.08. The Bertz CT molecular complexity index is 874. The summed E-state index contributed by atoms with van der Waals surface area (Å²) in [5.41, 5.74) is 2.83. The van der Waals surface area contributed by atoms with Crippen LogP contribution in [0.1, 0.15) is 35.7 Å². The molecule has 0 aliphatic carbocycles. The Labute approximate surface area is 145 Å². The molecule has 0 fully saturated rings. The molecule has 0 aliphatic rings. The van der Waals surface area contributed by atoms with Crippen LogP contribution in [0.4, 0.5) is 10.1 Å². The Hall–Kier alpha value is -3.08. The summed E-state index contributed by atoms with van der Waals surface area (Å²) in [7, 11) is 0. The van der Waals surface area contributed by atoms with Gasteiger partial charge in [0.2, 0.25) is 0 Å². The highest BCUT2D eigenvalue weighted by Gasteiger charge is 2.09. The summed E-state index contributed by atoms with van der Waals surface area (Å²) in [6.07, 6.45) is 2.87. The first kappa shape index (κ1) is 16.8. The van der Waals surface area contributed by atoms with Crippen LogP contribution >= 0.6 is 0 Å². The molecule has 126 valence electrons. The number of carbonyl (C=O) groups excluding carboxylic acids is 1. The van der Waals surface area contributed by atoms with Crippen LogP contribution in [-0.2, 0) is 0 Å². The summed E-state index contributed by atoms with van der Waals surface area (Å²) in [5, 5.41) is 2.81. The summed E-state index contributed by atoms with van der Waals surface area (Å²) in [6, 6.07) is 13.7. The molecule has 4 nitrogen and oxygen atoms in total. The monoisotopic (exact) mass is 335 g/mol. The molecular weight excluding hydrogens is 317 g/mol. The van der Waals surface area contributed by atoms with Gasteiger partial charge in [-0.1, -0.05) is 38.1 Å². The molecule has 0 spiro atoms. The maximum Gasteiger partial charge on any atom is 0.258 e. The first-order chi connectivity index (χ1) is 12.0. The molecule has 3 rings (SSSR count). The molecule has 1 amide bonds. The molecule has 1 N–H and O–H groups in total. The van der Waals surface area contributed by atoms with Crippen LogP contribution in [0.25, 0.3) is 11.4 Å². The maximum atomic E-state index is 13.3. The second-order valence-corrected chi connectivity index (χ2v) is 6.04. The third kappa shape index (κ3) is 4.07. The Kier molecular flexibility index (Phi) is 4.84. The van der Waals surface area contributed by atoms with Crippen molar-refractivity contribution in [2.45, 2.75) is 19.8 Å². The van der Waals surface area contributed by atoms with Crippen LogP contribution in [0.5, 0.6) is 0 Å². The van der Waals surface area contributed by atoms with E-state index in [1.807, 2.05) is 24.3 Å². The van der Waals surface area contributed by atoms with Crippen LogP contribution in [0.3, 0.4) is 0 Å². The van der Waals surface area contributed by atoms with E-state index in [-0.39, 0.29) is 11.7 Å². The second kappa shape index (κ2) is 7.21. The van der Waals surface area contributed by atoms with Crippen molar-refractivity contribution in [2.24, 2.45) is 0 Å². The average Bonchev–Trinajstić information content (AvgIpc) is 2.62. The van der Waals surface area contributed by atoms with Crippen molar-refractivity contribution in [1.29, 1.82) is 0 Å². The van der Waals surface area contributed by atoms with Gasteiger partial charge in [-0.25, -0.2) is 14.4 Å². The fourth-order valence-corrected chi connectivity index (χ4v) is 2.38. The maximum absolute atomic E-state index is 13.3. The van der Waals surface area contributed by atoms with Gasteiger partial charge in [0, 0.05) is 23.6 Å². The third-order valence-electron chi connectivity index (χ3n) is 3.83. The fraction of sp³-hybridized carbons (Fsp3) is 0.150. The summed E-state index contributed by atoms with van der Waals surface area (Å²) >= 11 is 0. The van der Waals surface area contributed by atoms with Gasteiger partial charge in [-0.15, -0.1) is 0 Å². The molecule has 0 atom stereocenters. The SMILES string of the molecule is CC(C)c1ccc(NC(=O)c2cnc(-c3cccc(F)c3)nc2)cc1. The van der Waals surface area contributed by atoms with E-state index in [1.165, 1.54) is 30.1 Å². The van der Waals surface area contributed by atoms with Gasteiger partial charge in [0.15, 0.2) is 5.82 Å². The van der Waals surface area contributed by atoms with Crippen molar-refractivity contribution < 1.29 is 9.18 Å². The average molecular weight is 335 g/mol. The number of nitrogens with one attached hydrogen (secondary N) is 1. The number of hydrogen-bond donors (Lipinski definition) is 1. The Morgan fingerprint density at radius 3 is 2.32 bits per heavy atom. The first-order valence-electron chi connectivity index (χ1n) is 8.02. The zero-order chi connectivity index (χ0) is 17.8. The minimum atomic E-state index is -0.354. The second-order valence-electron chi connectivity index (χ2n) is 6.04. The van der Waals surface area contributed by atoms with Crippen LogP contribution < -0.4 is 5.32 Å². The van der Waals surface area contributed by atoms with Crippen LogP contribution in [0, 0.1) is 5.82 Å². The van der Waals surface area contributed by atoms with E-state index in [0.29, 0.717) is 28.6 Å². The summed E-state index contributed by atoms with van der Waals surface area (Å²) in [4.78, 5) is 20.6. The summed E-state index contributed by atoms with van der Waals surface area (Å²) in [5.74, 6) is 0.168. The highest BCUT2D eigenvalue weighted by molar-refractivity contribution is 6.03. The number of carbonyl (C=O) groups is 1. The van der Waals surface area contributed by atoms with E-state index in [4.69, 9.17) is 0 Å². The molecule has 3 aromatic rings. The normalized spacial score (nSPS) is 10.7. The predicted octanol–water partition coefficient (Wildman–Crippen LogP) is 4.66. The van der Waals surface area contributed by atoms with Crippen molar-refractivity contribution >= 4 is 11.6 Å². The number of anilines is 1. The molecule has 0 unspecified atom stereocenters. The van der Waals surface area contributed by atoms with Crippen molar-refractivity contribution in [3.8, 4) is 11.4 Å². The van der Waals surface area contributed by atoms with Gasteiger partial charge in [0.05, 0.1) is 5.56 Å². The van der Waals surface area contributed by atoms with E-state index in [9.17, 15) is 9.18 Å². The lowest BCUT2D eigenvalue weighted by atomic mass is 10.0. The Morgan fingerprint density at radius 2 is 1.72 bits per heavy atom. The molecule has 5 heteroatoms. The molecule has 0 bridgehead atoms. The Morgan fingerprint density at radius 1 is 1.04 bits per heavy atom. The first-order valence-corrected chi connectivity index (χ1v) is 8.02. The van der Waals surface area contributed by atoms with Gasteiger partial charge in [0.25, 0.3) is 5.91 Å². The van der Waals surface area contributed by atoms with Gasteiger partial charge >= 0.3 is 0 Å². The third-order valence-corrected chi connectivity index (χ3v) is 3.83. The topological polar surface area (TPSA) is 54.9 Å². The van der Waals surface area contributed by atoms with Crippen molar-refractivity contribution in [2.75, 3.05) is 5.32 Å². The molecular formula is C20H18FN3O. The minimum absolute atomic E-state index is 0.289. The van der Waals surface area contributed by atoms with Gasteiger partial charge < -0.3 is 5.32 Å². The van der Waals surface area contributed by atoms with E-state index >= 15 is 0 Å². The van der Waals surface area contributed by atoms with Crippen LogP contribution in [0.15, 0.2) is 60.9 Å². The molecule has 1 heterocycles. The van der Waals surface area contributed by atoms with E-state index in [2.05, 4.69) is 29.1 Å². The molecule has 2 aromatic carbocycles. The smallest absolute Gasteiger partial charge is 0.258 e. The number of rotatable bonds is 4. The number of nitrogens with zero attached hydrogens (tertiary/aromatic N) is 2. The molecule has 1 aromatic heterocycles. The quantitative estimate of drug-likeness (QED) is 0.754. The van der Waals surface area contributed by atoms with Gasteiger partial charge in [0.1, 0.15) is 5.82 Å². The number of halogens is 1. The summed E-state index contributed by atoms with van der Waals surface area (Å²) < 4.78 is 13.3. The zero-order valence-electron chi connectivity index (χ0n) is 14.0. The van der Waals surface area contributed by atoms with Crippen molar-refractivity contribution in [3.05, 3.63) is 77.9 Å². The molecule has 0 saturated heterocycles. The lowest BCUT2D eigenvalue weighted by Crippen LogP contribution is -2.12. The van der Waals surface area contributed by atoms with Crippen molar-refractivity contribution in [1.82, 2.24) is 9.97 Å². The van der Waals surface area contributed by atoms with E-state index in [1.54, 1.807) is 12.1 Å². The summed E-state index contributed by atoms with van der Waals surface area (Å²) in [6.45, 7) is 4.23. The fourth-order valence-electron chi connectivity index (χ4n) is 2.38. The molecule has 0 aliphatic heterocycles. The van der Waals surface area contributed by atoms with Gasteiger partial charge in [-0.3, -0.25) is 4.79 Å². The largest absolute Gasteiger partial charge is 0.322 e. The molecule has 0 radical (unpaired) electrons. The number of benzene rings is 2. The number of aromatic nitrogens is 2. The van der Waals surface area contributed by atoms with Crippen molar-refractivity contribution in [3.63, 3.8) is 0 Å². The zero-order valence-corrected chi connectivity index (χ0v) is 14.0. The van der Waals surface area contributed by atoms with Gasteiger partial charge in [-0.05, 0) is 35.7 Å². The predicted molar refractivity (Wildman–Crippen MR) is 95.9 cm³/mol. The standard InChI is InChI=1S/C20H18FN3O/c1-13(2)14-6-8-18(9-7-14)24-20(25)16-11-22-19(23-12-16)15-4-3-5-17(21)10-15/h3-13H,1-2H3,(H,24,25). The van der Waals surface area contributed by atoms with E-state index < -0.39 is 0 Å². The highest BCUT2D eigenvalue weighted by atomic mass is 19.1. The van der Waals surface area contributed by atoms with Crippen LogP contribution in [-0.4, -0.2) is 15.9 Å². The molecule has 25 heavy (non-hydrogen) atoms. The number of amides is 1. The lowest BCUT2D eigenvalue weighted by molar-refractivity contribution is 0.102. The highest BCUT2D eigenvalue weighted by Crippen LogP contribution is 2.18. The van der Waals surface area contributed by atoms with Crippen LogP contribution in [0.2, 0.25) is 0 Å². The molecule has 0 saturated carbocycles. The van der Waals surface area contributed by atoms with Gasteiger partial charge in [-0.2, -0.15) is 0 Å². The minimum Gasteiger partial charge on any atom is -0.322 e. The number of hydrogen-bond acceptors (Lipinski definition) is 3. The van der Waals surface area contributed by atoms with E-state index in [0.717, 1.165) is 0 Å².